The summed E-state index contributed by atoms with van der Waals surface area (Å²) >= 11 is 0. The molecular weight excluding hydrogens is 721 g/mol. The molecule has 0 radical (unpaired) electrons. The monoisotopic (exact) mass is 786 g/mol. The summed E-state index contributed by atoms with van der Waals surface area (Å²) in [5.74, 6) is -5.75. The fourth-order valence-corrected chi connectivity index (χ4v) is 7.21. The van der Waals surface area contributed by atoms with Crippen molar-refractivity contribution in [1.82, 2.24) is 9.80 Å². The maximum Gasteiger partial charge on any atom is 0.324 e. The molecule has 17 heteroatoms. The van der Waals surface area contributed by atoms with Crippen molar-refractivity contribution in [3.05, 3.63) is 0 Å². The second kappa shape index (κ2) is 28.2. The molecule has 0 aromatic heterocycles. The van der Waals surface area contributed by atoms with Gasteiger partial charge in [0.2, 0.25) is 11.8 Å². The zero-order chi connectivity index (χ0) is 39.6. The molecule has 0 aliphatic heterocycles. The Balaban J connectivity index is 5.65. The van der Waals surface area contributed by atoms with Gasteiger partial charge in [-0.2, -0.15) is 16.8 Å². The molecule has 306 valence electrons. The molecule has 0 aliphatic rings. The summed E-state index contributed by atoms with van der Waals surface area (Å²) in [4.78, 5) is 51.6. The Morgan fingerprint density at radius 1 is 0.481 bits per heavy atom. The number of carbonyl (C=O) groups is 4. The van der Waals surface area contributed by atoms with Crippen LogP contribution >= 0.6 is 0 Å². The Kier molecular flexibility index (Phi) is 26.9. The number of carboxylic acids is 2. The van der Waals surface area contributed by atoms with Gasteiger partial charge in [0.15, 0.2) is 10.5 Å². The van der Waals surface area contributed by atoms with Crippen LogP contribution in [0.3, 0.4) is 0 Å². The topological polar surface area (TPSA) is 244 Å². The summed E-state index contributed by atoms with van der Waals surface area (Å²) < 4.78 is 65.5. The van der Waals surface area contributed by atoms with Crippen molar-refractivity contribution in [2.45, 2.75) is 172 Å². The lowest BCUT2D eigenvalue weighted by Crippen LogP contribution is -2.47. The zero-order valence-corrected chi connectivity index (χ0v) is 33.0. The zero-order valence-electron chi connectivity index (χ0n) is 31.3. The lowest BCUT2D eigenvalue weighted by molar-refractivity contribution is -0.142. The maximum atomic E-state index is 13.2. The van der Waals surface area contributed by atoms with Crippen LogP contribution in [-0.2, 0) is 39.4 Å². The average molecular weight is 787 g/mol. The van der Waals surface area contributed by atoms with E-state index >= 15 is 0 Å². The van der Waals surface area contributed by atoms with Crippen molar-refractivity contribution in [1.29, 1.82) is 0 Å². The largest absolute Gasteiger partial charge is 0.480 e. The smallest absolute Gasteiger partial charge is 0.324 e. The van der Waals surface area contributed by atoms with Gasteiger partial charge in [0.25, 0.3) is 20.2 Å². The van der Waals surface area contributed by atoms with E-state index in [1.54, 1.807) is 0 Å². The summed E-state index contributed by atoms with van der Waals surface area (Å²) in [7, 11) is -10.3. The van der Waals surface area contributed by atoms with Crippen LogP contribution in [0.15, 0.2) is 0 Å². The van der Waals surface area contributed by atoms with Crippen LogP contribution < -0.4 is 0 Å². The molecule has 0 fully saturated rings. The SMILES string of the molecule is CCCCCCCCCCCCN(CC(O)CN(CCCCCCCCCCCC)C(=O)CC(C(=O)O)S(=O)(=O)O)C(=O)CC(C(=O)O)S(=O)(=O)O. The van der Waals surface area contributed by atoms with Gasteiger partial charge >= 0.3 is 11.9 Å². The standard InChI is InChI=1S/C35H66N2O13S2/c1-3-5-7-9-11-13-15-17-19-21-23-36(32(39)25-30(34(41)42)51(45,46)47)27-29(38)28-37(33(40)26-31(35(43)44)52(48,49)50)24-22-20-18-16-14-12-10-8-6-4-2/h29-31,38H,3-28H2,1-2H3,(H,41,42)(H,43,44)(H,45,46,47)(H,48,49,50). The van der Waals surface area contributed by atoms with E-state index in [9.17, 15) is 60.4 Å². The average Bonchev–Trinajstić information content (AvgIpc) is 3.04. The summed E-state index contributed by atoms with van der Waals surface area (Å²) in [6.07, 6.45) is 16.1. The molecule has 0 aromatic rings. The van der Waals surface area contributed by atoms with Crippen LogP contribution in [0.4, 0.5) is 0 Å². The number of aliphatic hydroxyl groups excluding tert-OH is 1. The molecule has 0 rings (SSSR count). The third-order valence-corrected chi connectivity index (χ3v) is 11.3. The summed E-state index contributed by atoms with van der Waals surface area (Å²) in [6.45, 7) is 3.46. The number of rotatable bonds is 34. The fourth-order valence-electron chi connectivity index (χ4n) is 6.00. The fraction of sp³-hybridized carbons (Fsp3) is 0.886. The minimum absolute atomic E-state index is 0.0282. The molecule has 2 amide bonds. The van der Waals surface area contributed by atoms with Crippen LogP contribution in [-0.4, -0.2) is 118 Å². The van der Waals surface area contributed by atoms with Gasteiger partial charge in [-0.05, 0) is 12.8 Å². The van der Waals surface area contributed by atoms with Gasteiger partial charge < -0.3 is 25.1 Å². The molecular formula is C35H66N2O13S2. The Labute approximate surface area is 311 Å². The van der Waals surface area contributed by atoms with E-state index < -0.39 is 86.5 Å². The highest BCUT2D eigenvalue weighted by Gasteiger charge is 2.37. The molecule has 0 heterocycles. The minimum atomic E-state index is -5.13. The molecule has 2 unspecified atom stereocenters. The van der Waals surface area contributed by atoms with E-state index in [0.29, 0.717) is 25.7 Å². The van der Waals surface area contributed by atoms with Crippen molar-refractivity contribution < 1.29 is 60.4 Å². The van der Waals surface area contributed by atoms with Crippen LogP contribution in [0, 0.1) is 0 Å². The van der Waals surface area contributed by atoms with Crippen LogP contribution in [0.25, 0.3) is 0 Å². The van der Waals surface area contributed by atoms with Crippen molar-refractivity contribution in [3.8, 4) is 0 Å². The molecule has 0 spiro atoms. The van der Waals surface area contributed by atoms with Gasteiger partial charge in [0.1, 0.15) is 0 Å². The van der Waals surface area contributed by atoms with Crippen molar-refractivity contribution in [2.75, 3.05) is 26.2 Å². The van der Waals surface area contributed by atoms with E-state index in [4.69, 9.17) is 0 Å². The van der Waals surface area contributed by atoms with E-state index in [0.717, 1.165) is 86.8 Å². The molecule has 0 saturated heterocycles. The van der Waals surface area contributed by atoms with Crippen molar-refractivity contribution >= 4 is 44.0 Å². The number of amides is 2. The third-order valence-electron chi connectivity index (χ3n) is 9.12. The number of hydrogen-bond donors (Lipinski definition) is 5. The number of nitrogens with zero attached hydrogens (tertiary/aromatic N) is 2. The second-order valence-electron chi connectivity index (χ2n) is 13.8. The predicted molar refractivity (Wildman–Crippen MR) is 198 cm³/mol. The lowest BCUT2D eigenvalue weighted by Gasteiger charge is -2.30. The van der Waals surface area contributed by atoms with Gasteiger partial charge in [-0.1, -0.05) is 129 Å². The summed E-state index contributed by atoms with van der Waals surface area (Å²) in [6, 6.07) is 0. The molecule has 0 aliphatic carbocycles. The quantitative estimate of drug-likeness (QED) is 0.0411. The summed E-state index contributed by atoms with van der Waals surface area (Å²) in [5, 5.41) is 24.9. The van der Waals surface area contributed by atoms with E-state index in [1.165, 1.54) is 25.7 Å². The van der Waals surface area contributed by atoms with Crippen LogP contribution in [0.5, 0.6) is 0 Å². The van der Waals surface area contributed by atoms with Gasteiger partial charge in [-0.15, -0.1) is 0 Å². The Hall–Kier alpha value is -2.34. The first-order valence-corrected chi connectivity index (χ1v) is 22.1. The third kappa shape index (κ3) is 24.1. The predicted octanol–water partition coefficient (Wildman–Crippen LogP) is 5.31. The lowest BCUT2D eigenvalue weighted by atomic mass is 10.1. The maximum absolute atomic E-state index is 13.2. The first-order chi connectivity index (χ1) is 24.4. The second-order valence-corrected chi connectivity index (χ2v) is 17.0. The Morgan fingerprint density at radius 3 is 0.962 bits per heavy atom. The number of unbranched alkanes of at least 4 members (excludes halogenated alkanes) is 18. The number of aliphatic hydroxyl groups is 1. The Bertz CT molecular complexity index is 1150. The van der Waals surface area contributed by atoms with E-state index in [-0.39, 0.29) is 13.1 Å². The van der Waals surface area contributed by atoms with Crippen molar-refractivity contribution in [3.63, 3.8) is 0 Å². The van der Waals surface area contributed by atoms with Crippen LogP contribution in [0.1, 0.15) is 155 Å². The van der Waals surface area contributed by atoms with Gasteiger partial charge in [-0.3, -0.25) is 28.3 Å². The first kappa shape index (κ1) is 49.7. The number of hydrogen-bond acceptors (Lipinski definition) is 9. The van der Waals surface area contributed by atoms with Crippen molar-refractivity contribution in [2.24, 2.45) is 0 Å². The first-order valence-electron chi connectivity index (χ1n) is 19.1. The molecule has 0 bridgehead atoms. The Morgan fingerprint density at radius 2 is 0.731 bits per heavy atom. The highest BCUT2D eigenvalue weighted by molar-refractivity contribution is 7.87. The number of carboxylic acid groups (broad SMARTS) is 2. The molecule has 52 heavy (non-hydrogen) atoms. The molecule has 5 N–H and O–H groups in total. The normalized spacial score (nSPS) is 13.7. The molecule has 2 atom stereocenters. The van der Waals surface area contributed by atoms with Gasteiger partial charge in [-0.25, -0.2) is 0 Å². The number of aliphatic carboxylic acids is 2. The number of carbonyl (C=O) groups excluding carboxylic acids is 2. The highest BCUT2D eigenvalue weighted by atomic mass is 32.2. The summed E-state index contributed by atoms with van der Waals surface area (Å²) in [5.41, 5.74) is 0. The van der Waals surface area contributed by atoms with E-state index in [2.05, 4.69) is 13.8 Å². The van der Waals surface area contributed by atoms with Gasteiger partial charge in [0, 0.05) is 26.2 Å². The molecule has 15 nitrogen and oxygen atoms in total. The van der Waals surface area contributed by atoms with Gasteiger partial charge in [0.05, 0.1) is 18.9 Å². The van der Waals surface area contributed by atoms with Crippen LogP contribution in [0.2, 0.25) is 0 Å². The minimum Gasteiger partial charge on any atom is -0.480 e. The highest BCUT2D eigenvalue weighted by Crippen LogP contribution is 2.16. The van der Waals surface area contributed by atoms with E-state index in [1.807, 2.05) is 0 Å². The molecule has 0 saturated carbocycles. The molecule has 0 aromatic carbocycles.